The molecule has 0 N–H and O–H groups in total. The Kier molecular flexibility index (Phi) is 6.93. The molecule has 0 bridgehead atoms. The van der Waals surface area contributed by atoms with Crippen LogP contribution in [0.4, 0.5) is 0 Å². The summed E-state index contributed by atoms with van der Waals surface area (Å²) in [5, 5.41) is 4.30. The largest absolute Gasteiger partial charge is 0.497 e. The van der Waals surface area contributed by atoms with Crippen LogP contribution in [0.1, 0.15) is 28.5 Å². The second kappa shape index (κ2) is 9.60. The molecule has 0 aliphatic carbocycles. The van der Waals surface area contributed by atoms with Gasteiger partial charge in [0.2, 0.25) is 0 Å². The van der Waals surface area contributed by atoms with E-state index in [4.69, 9.17) is 9.47 Å². The second-order valence-electron chi connectivity index (χ2n) is 6.58. The Hall–Kier alpha value is -2.80. The zero-order chi connectivity index (χ0) is 20.8. The van der Waals surface area contributed by atoms with Crippen LogP contribution in [-0.4, -0.2) is 34.7 Å². The number of aryl methyl sites for hydroxylation is 1. The number of halogens is 1. The highest BCUT2D eigenvalue weighted by molar-refractivity contribution is 9.10. The number of carbonyl (C=O) groups excluding carboxylic acids is 1. The standard InChI is InChI=1S/C22H24BrN3O3/c1-4-26-21(20(23)13-24-26)14-25(2)22(27)17-7-5-16(6-8-17)15-29-19-11-9-18(28-3)10-12-19/h5-13H,4,14-15H2,1-3H3. The average Bonchev–Trinajstić information content (AvgIpc) is 3.11. The lowest BCUT2D eigenvalue weighted by Gasteiger charge is -2.18. The normalized spacial score (nSPS) is 10.6. The van der Waals surface area contributed by atoms with Gasteiger partial charge in [-0.15, -0.1) is 0 Å². The zero-order valence-corrected chi connectivity index (χ0v) is 18.3. The van der Waals surface area contributed by atoms with Crippen LogP contribution < -0.4 is 9.47 Å². The Morgan fingerprint density at radius 2 is 1.76 bits per heavy atom. The fourth-order valence-corrected chi connectivity index (χ4v) is 3.34. The van der Waals surface area contributed by atoms with Gasteiger partial charge in [-0.1, -0.05) is 12.1 Å². The van der Waals surface area contributed by atoms with E-state index in [1.165, 1.54) is 0 Å². The number of carbonyl (C=O) groups is 1. The van der Waals surface area contributed by atoms with Crippen LogP contribution in [0.25, 0.3) is 0 Å². The van der Waals surface area contributed by atoms with E-state index in [9.17, 15) is 4.79 Å². The monoisotopic (exact) mass is 457 g/mol. The molecule has 2 aromatic carbocycles. The molecule has 0 unspecified atom stereocenters. The van der Waals surface area contributed by atoms with Crippen molar-refractivity contribution in [2.24, 2.45) is 0 Å². The first-order chi connectivity index (χ1) is 14.0. The van der Waals surface area contributed by atoms with Gasteiger partial charge in [0.25, 0.3) is 5.91 Å². The van der Waals surface area contributed by atoms with Gasteiger partial charge >= 0.3 is 0 Å². The molecule has 0 saturated heterocycles. The Morgan fingerprint density at radius 1 is 1.10 bits per heavy atom. The number of rotatable bonds is 8. The number of methoxy groups -OCH3 is 1. The van der Waals surface area contributed by atoms with Crippen molar-refractivity contribution < 1.29 is 14.3 Å². The van der Waals surface area contributed by atoms with Gasteiger partial charge in [0.05, 0.1) is 30.0 Å². The molecule has 0 atom stereocenters. The van der Waals surface area contributed by atoms with Crippen molar-refractivity contribution in [2.75, 3.05) is 14.2 Å². The molecule has 1 amide bonds. The average molecular weight is 458 g/mol. The summed E-state index contributed by atoms with van der Waals surface area (Å²) in [7, 11) is 3.43. The van der Waals surface area contributed by atoms with Crippen LogP contribution in [0, 0.1) is 0 Å². The molecule has 0 fully saturated rings. The Labute approximate surface area is 179 Å². The van der Waals surface area contributed by atoms with E-state index >= 15 is 0 Å². The molecule has 0 radical (unpaired) electrons. The topological polar surface area (TPSA) is 56.6 Å². The molecule has 0 spiro atoms. The quantitative estimate of drug-likeness (QED) is 0.498. The SMILES string of the molecule is CCn1ncc(Br)c1CN(C)C(=O)c1ccc(COc2ccc(OC)cc2)cc1. The Bertz CT molecular complexity index is 952. The predicted molar refractivity (Wildman–Crippen MR) is 115 cm³/mol. The lowest BCUT2D eigenvalue weighted by molar-refractivity contribution is 0.0781. The van der Waals surface area contributed by atoms with Gasteiger partial charge in [-0.2, -0.15) is 5.10 Å². The van der Waals surface area contributed by atoms with Crippen molar-refractivity contribution in [1.29, 1.82) is 0 Å². The van der Waals surface area contributed by atoms with E-state index < -0.39 is 0 Å². The fraction of sp³-hybridized carbons (Fsp3) is 0.273. The molecule has 7 heteroatoms. The summed E-state index contributed by atoms with van der Waals surface area (Å²) in [5.74, 6) is 1.52. The molecule has 1 aromatic heterocycles. The summed E-state index contributed by atoms with van der Waals surface area (Å²) in [6.07, 6.45) is 1.76. The third-order valence-corrected chi connectivity index (χ3v) is 5.26. The zero-order valence-electron chi connectivity index (χ0n) is 16.8. The summed E-state index contributed by atoms with van der Waals surface area (Å²) in [6.45, 7) is 3.69. The smallest absolute Gasteiger partial charge is 0.253 e. The number of ether oxygens (including phenoxy) is 2. The molecule has 29 heavy (non-hydrogen) atoms. The number of aromatic nitrogens is 2. The van der Waals surface area contributed by atoms with Gasteiger partial charge in [-0.3, -0.25) is 9.48 Å². The number of amides is 1. The van der Waals surface area contributed by atoms with E-state index in [2.05, 4.69) is 21.0 Å². The molecular formula is C22H24BrN3O3. The summed E-state index contributed by atoms with van der Waals surface area (Å²) in [4.78, 5) is 14.5. The van der Waals surface area contributed by atoms with E-state index in [0.29, 0.717) is 18.7 Å². The highest BCUT2D eigenvalue weighted by Crippen LogP contribution is 2.20. The van der Waals surface area contributed by atoms with Crippen LogP contribution in [0.2, 0.25) is 0 Å². The van der Waals surface area contributed by atoms with Crippen molar-refractivity contribution in [3.63, 3.8) is 0 Å². The van der Waals surface area contributed by atoms with Gasteiger partial charge in [-0.25, -0.2) is 0 Å². The first kappa shape index (κ1) is 20.9. The third kappa shape index (κ3) is 5.17. The van der Waals surface area contributed by atoms with Crippen molar-refractivity contribution in [1.82, 2.24) is 14.7 Å². The van der Waals surface area contributed by atoms with E-state index in [1.807, 2.05) is 60.1 Å². The first-order valence-electron chi connectivity index (χ1n) is 9.33. The van der Waals surface area contributed by atoms with E-state index in [-0.39, 0.29) is 5.91 Å². The number of benzene rings is 2. The molecular weight excluding hydrogens is 434 g/mol. The van der Waals surface area contributed by atoms with Crippen LogP contribution >= 0.6 is 15.9 Å². The maximum Gasteiger partial charge on any atom is 0.253 e. The minimum absolute atomic E-state index is 0.0385. The number of hydrogen-bond acceptors (Lipinski definition) is 4. The molecule has 0 saturated carbocycles. The highest BCUT2D eigenvalue weighted by atomic mass is 79.9. The lowest BCUT2D eigenvalue weighted by atomic mass is 10.1. The molecule has 152 valence electrons. The third-order valence-electron chi connectivity index (χ3n) is 4.60. The minimum Gasteiger partial charge on any atom is -0.497 e. The molecule has 6 nitrogen and oxygen atoms in total. The summed E-state index contributed by atoms with van der Waals surface area (Å²) < 4.78 is 13.7. The highest BCUT2D eigenvalue weighted by Gasteiger charge is 2.16. The molecule has 3 aromatic rings. The molecule has 3 rings (SSSR count). The van der Waals surface area contributed by atoms with Gasteiger partial charge in [0.15, 0.2) is 0 Å². The van der Waals surface area contributed by atoms with Gasteiger partial charge in [0, 0.05) is 19.2 Å². The maximum absolute atomic E-state index is 12.8. The van der Waals surface area contributed by atoms with Crippen LogP contribution in [0.5, 0.6) is 11.5 Å². The number of hydrogen-bond donors (Lipinski definition) is 0. The first-order valence-corrected chi connectivity index (χ1v) is 10.1. The molecule has 1 heterocycles. The van der Waals surface area contributed by atoms with Crippen molar-refractivity contribution >= 4 is 21.8 Å². The van der Waals surface area contributed by atoms with Crippen LogP contribution in [-0.2, 0) is 19.7 Å². The number of nitrogens with zero attached hydrogens (tertiary/aromatic N) is 3. The van der Waals surface area contributed by atoms with E-state index in [0.717, 1.165) is 33.8 Å². The van der Waals surface area contributed by atoms with Gasteiger partial charge < -0.3 is 14.4 Å². The minimum atomic E-state index is -0.0385. The summed E-state index contributed by atoms with van der Waals surface area (Å²) in [5.41, 5.74) is 2.61. The van der Waals surface area contributed by atoms with Crippen molar-refractivity contribution in [3.8, 4) is 11.5 Å². The molecule has 0 aliphatic heterocycles. The summed E-state index contributed by atoms with van der Waals surface area (Å²) >= 11 is 3.50. The van der Waals surface area contributed by atoms with E-state index in [1.54, 1.807) is 25.3 Å². The summed E-state index contributed by atoms with van der Waals surface area (Å²) in [6, 6.07) is 14.9. The van der Waals surface area contributed by atoms with Crippen LogP contribution in [0.3, 0.4) is 0 Å². The van der Waals surface area contributed by atoms with Crippen LogP contribution in [0.15, 0.2) is 59.2 Å². The predicted octanol–water partition coefficient (Wildman–Crippen LogP) is 4.53. The van der Waals surface area contributed by atoms with Crippen molar-refractivity contribution in [3.05, 3.63) is 76.0 Å². The van der Waals surface area contributed by atoms with Gasteiger partial charge in [0.1, 0.15) is 18.1 Å². The molecule has 0 aliphatic rings. The maximum atomic E-state index is 12.8. The Morgan fingerprint density at radius 3 is 2.38 bits per heavy atom. The Balaban J connectivity index is 1.59. The van der Waals surface area contributed by atoms with Gasteiger partial charge in [-0.05, 0) is 64.8 Å². The van der Waals surface area contributed by atoms with Crippen molar-refractivity contribution in [2.45, 2.75) is 26.6 Å². The fourth-order valence-electron chi connectivity index (χ4n) is 2.92. The lowest BCUT2D eigenvalue weighted by Crippen LogP contribution is -2.27. The second-order valence-corrected chi connectivity index (χ2v) is 7.43.